The number of carbonyl (C=O) groups is 1. The van der Waals surface area contributed by atoms with E-state index in [1.54, 1.807) is 0 Å². The van der Waals surface area contributed by atoms with Crippen molar-refractivity contribution in [1.82, 2.24) is 0 Å². The summed E-state index contributed by atoms with van der Waals surface area (Å²) in [5.41, 5.74) is 0.625. The summed E-state index contributed by atoms with van der Waals surface area (Å²) in [6, 6.07) is 6.74. The van der Waals surface area contributed by atoms with Crippen LogP contribution in [-0.4, -0.2) is 41.4 Å². The average Bonchev–Trinajstić information content (AvgIpc) is 2.56. The molecule has 0 saturated heterocycles. The third-order valence-corrected chi connectivity index (χ3v) is 3.89. The van der Waals surface area contributed by atoms with Gasteiger partial charge in [0.2, 0.25) is 5.78 Å². The molecule has 24 heavy (non-hydrogen) atoms. The van der Waals surface area contributed by atoms with Crippen molar-refractivity contribution >= 4 is 5.78 Å². The average molecular weight is 332 g/mol. The molecule has 2 atom stereocenters. The van der Waals surface area contributed by atoms with E-state index < -0.39 is 12.2 Å². The first-order valence-corrected chi connectivity index (χ1v) is 7.12. The smallest absolute Gasteiger partial charge is 0.203 e. The first-order chi connectivity index (χ1) is 11.5. The maximum absolute atomic E-state index is 12.8. The minimum absolute atomic E-state index is 0.110. The van der Waals surface area contributed by atoms with E-state index in [0.29, 0.717) is 5.56 Å². The molecule has 0 saturated carbocycles. The number of fused-ring (bicyclic) bond motifs is 1. The molecule has 126 valence electrons. The molecule has 1 heterocycles. The molecule has 1 aliphatic heterocycles. The Kier molecular flexibility index (Phi) is 3.94. The molecule has 2 aromatic rings. The molecular formula is C17H16O7. The predicted molar refractivity (Wildman–Crippen MR) is 82.9 cm³/mol. The molecule has 0 radical (unpaired) electrons. The molecule has 0 aliphatic carbocycles. The van der Waals surface area contributed by atoms with E-state index in [-0.39, 0.29) is 40.1 Å². The quantitative estimate of drug-likeness (QED) is 0.740. The molecule has 0 aromatic heterocycles. The summed E-state index contributed by atoms with van der Waals surface area (Å²) in [5, 5.41) is 28.9. The Morgan fingerprint density at radius 2 is 1.79 bits per heavy atom. The number of ether oxygens (including phenoxy) is 3. The normalized spacial score (nSPS) is 19.5. The van der Waals surface area contributed by atoms with Crippen molar-refractivity contribution in [1.29, 1.82) is 0 Å². The Bertz CT molecular complexity index is 800. The summed E-state index contributed by atoms with van der Waals surface area (Å²) in [5.74, 6) is -0.756. The Morgan fingerprint density at radius 1 is 1.04 bits per heavy atom. The number of aromatic hydroxyl groups is 3. The second-order valence-corrected chi connectivity index (χ2v) is 5.33. The van der Waals surface area contributed by atoms with E-state index in [1.807, 2.05) is 0 Å². The van der Waals surface area contributed by atoms with Crippen molar-refractivity contribution in [2.45, 2.75) is 12.2 Å². The molecule has 0 spiro atoms. The Labute approximate surface area is 137 Å². The van der Waals surface area contributed by atoms with E-state index in [1.165, 1.54) is 44.6 Å². The second kappa shape index (κ2) is 5.93. The number of hydrogen-bond acceptors (Lipinski definition) is 7. The van der Waals surface area contributed by atoms with Gasteiger partial charge in [-0.15, -0.1) is 0 Å². The summed E-state index contributed by atoms with van der Waals surface area (Å²) >= 11 is 0. The summed E-state index contributed by atoms with van der Waals surface area (Å²) in [6.07, 6.45) is -1.83. The number of hydrogen-bond donors (Lipinski definition) is 3. The summed E-state index contributed by atoms with van der Waals surface area (Å²) in [6.45, 7) is 0. The Balaban J connectivity index is 2.12. The lowest BCUT2D eigenvalue weighted by Crippen LogP contribution is -2.38. The van der Waals surface area contributed by atoms with Gasteiger partial charge in [0.15, 0.2) is 23.7 Å². The van der Waals surface area contributed by atoms with E-state index in [0.717, 1.165) is 0 Å². The monoisotopic (exact) mass is 332 g/mol. The highest BCUT2D eigenvalue weighted by molar-refractivity contribution is 6.06. The highest BCUT2D eigenvalue weighted by Gasteiger charge is 2.41. The number of rotatable bonds is 3. The van der Waals surface area contributed by atoms with Crippen molar-refractivity contribution in [2.75, 3.05) is 14.2 Å². The fraction of sp³-hybridized carbons (Fsp3) is 0.235. The van der Waals surface area contributed by atoms with Crippen LogP contribution < -0.4 is 9.47 Å². The van der Waals surface area contributed by atoms with Gasteiger partial charge in [-0.2, -0.15) is 0 Å². The zero-order chi connectivity index (χ0) is 17.4. The maximum atomic E-state index is 12.8. The van der Waals surface area contributed by atoms with Crippen LogP contribution in [0.4, 0.5) is 0 Å². The van der Waals surface area contributed by atoms with E-state index in [9.17, 15) is 20.1 Å². The van der Waals surface area contributed by atoms with Crippen LogP contribution in [0.15, 0.2) is 30.3 Å². The lowest BCUT2D eigenvalue weighted by atomic mass is 9.92. The number of benzene rings is 2. The standard InChI is InChI=1S/C17H16O7/c1-22-12-6-9(18)7-13-14(12)15(21)17(23-2)16(24-13)8-3-4-10(19)11(20)5-8/h3-7,16-20H,1-2H3. The maximum Gasteiger partial charge on any atom is 0.203 e. The van der Waals surface area contributed by atoms with Gasteiger partial charge in [0.1, 0.15) is 22.8 Å². The number of Topliss-reactive ketones (excluding diaryl/α,β-unsaturated/α-hetero) is 1. The van der Waals surface area contributed by atoms with Gasteiger partial charge < -0.3 is 29.5 Å². The molecule has 7 nitrogen and oxygen atoms in total. The van der Waals surface area contributed by atoms with Crippen molar-refractivity contribution in [3.8, 4) is 28.7 Å². The molecule has 0 amide bonds. The Morgan fingerprint density at radius 3 is 2.42 bits per heavy atom. The second-order valence-electron chi connectivity index (χ2n) is 5.33. The van der Waals surface area contributed by atoms with E-state index in [2.05, 4.69) is 0 Å². The minimum Gasteiger partial charge on any atom is -0.508 e. The number of ketones is 1. The van der Waals surface area contributed by atoms with Crippen LogP contribution in [-0.2, 0) is 4.74 Å². The van der Waals surface area contributed by atoms with Crippen LogP contribution in [0.3, 0.4) is 0 Å². The van der Waals surface area contributed by atoms with Gasteiger partial charge in [-0.1, -0.05) is 6.07 Å². The summed E-state index contributed by atoms with van der Waals surface area (Å²) in [7, 11) is 2.76. The molecule has 3 rings (SSSR count). The number of phenols is 3. The first kappa shape index (κ1) is 15.9. The van der Waals surface area contributed by atoms with Gasteiger partial charge in [-0.25, -0.2) is 0 Å². The Hall–Kier alpha value is -2.93. The molecule has 7 heteroatoms. The lowest BCUT2D eigenvalue weighted by molar-refractivity contribution is -0.00117. The minimum atomic E-state index is -0.972. The van der Waals surface area contributed by atoms with E-state index in [4.69, 9.17) is 14.2 Å². The van der Waals surface area contributed by atoms with Crippen LogP contribution in [0.5, 0.6) is 28.7 Å². The predicted octanol–water partition coefficient (Wildman–Crippen LogP) is 2.14. The van der Waals surface area contributed by atoms with Gasteiger partial charge in [0.05, 0.1) is 7.11 Å². The van der Waals surface area contributed by atoms with Crippen LogP contribution in [0.2, 0.25) is 0 Å². The fourth-order valence-corrected chi connectivity index (χ4v) is 2.74. The largest absolute Gasteiger partial charge is 0.508 e. The van der Waals surface area contributed by atoms with Crippen LogP contribution >= 0.6 is 0 Å². The highest BCUT2D eigenvalue weighted by Crippen LogP contribution is 2.43. The van der Waals surface area contributed by atoms with Crippen LogP contribution in [0.25, 0.3) is 0 Å². The molecule has 1 aliphatic rings. The first-order valence-electron chi connectivity index (χ1n) is 7.12. The number of methoxy groups -OCH3 is 2. The SMILES string of the molecule is COc1cc(O)cc2c1C(=O)C(OC)C(c1ccc(O)c(O)c1)O2. The zero-order valence-electron chi connectivity index (χ0n) is 13.0. The van der Waals surface area contributed by atoms with Gasteiger partial charge in [0.25, 0.3) is 0 Å². The molecular weight excluding hydrogens is 316 g/mol. The molecule has 2 aromatic carbocycles. The summed E-state index contributed by atoms with van der Waals surface area (Å²) in [4.78, 5) is 12.8. The molecule has 0 bridgehead atoms. The van der Waals surface area contributed by atoms with Crippen molar-refractivity contribution in [3.63, 3.8) is 0 Å². The third-order valence-electron chi connectivity index (χ3n) is 3.89. The lowest BCUT2D eigenvalue weighted by Gasteiger charge is -2.32. The van der Waals surface area contributed by atoms with Gasteiger partial charge >= 0.3 is 0 Å². The molecule has 0 fully saturated rings. The van der Waals surface area contributed by atoms with Gasteiger partial charge in [0, 0.05) is 19.2 Å². The van der Waals surface area contributed by atoms with Gasteiger partial charge in [-0.3, -0.25) is 4.79 Å². The summed E-state index contributed by atoms with van der Waals surface area (Å²) < 4.78 is 16.3. The van der Waals surface area contributed by atoms with Crippen molar-refractivity contribution < 1.29 is 34.3 Å². The van der Waals surface area contributed by atoms with Crippen molar-refractivity contribution in [3.05, 3.63) is 41.5 Å². The number of phenolic OH excluding ortho intramolecular Hbond substituents is 3. The number of carbonyl (C=O) groups excluding carboxylic acids is 1. The highest BCUT2D eigenvalue weighted by atomic mass is 16.5. The van der Waals surface area contributed by atoms with E-state index >= 15 is 0 Å². The van der Waals surface area contributed by atoms with Crippen LogP contribution in [0.1, 0.15) is 22.0 Å². The molecule has 2 unspecified atom stereocenters. The topological polar surface area (TPSA) is 105 Å². The van der Waals surface area contributed by atoms with Crippen LogP contribution in [0, 0.1) is 0 Å². The van der Waals surface area contributed by atoms with Crippen molar-refractivity contribution in [2.24, 2.45) is 0 Å². The fourth-order valence-electron chi connectivity index (χ4n) is 2.74. The zero-order valence-corrected chi connectivity index (χ0v) is 13.0. The molecule has 3 N–H and O–H groups in total. The van der Waals surface area contributed by atoms with Gasteiger partial charge in [-0.05, 0) is 17.7 Å². The third kappa shape index (κ3) is 2.48.